The molecule has 0 saturated heterocycles. The maximum atomic E-state index is 12.1. The zero-order valence-electron chi connectivity index (χ0n) is 12.8. The molecule has 1 heterocycles. The Morgan fingerprint density at radius 1 is 0.952 bits per heavy atom. The van der Waals surface area contributed by atoms with Gasteiger partial charge in [0.05, 0.1) is 17.2 Å². The summed E-state index contributed by atoms with van der Waals surface area (Å²) in [4.78, 5) is 25.6. The third kappa shape index (κ3) is 3.91. The van der Waals surface area contributed by atoms with E-state index in [-0.39, 0.29) is 17.9 Å². The van der Waals surface area contributed by atoms with E-state index in [0.717, 1.165) is 32.3 Å². The number of hydrogen-bond donors (Lipinski definition) is 0. The summed E-state index contributed by atoms with van der Waals surface area (Å²) in [5.41, 5.74) is 1.07. The number of nitrogens with zero attached hydrogens (tertiary/aromatic N) is 1. The Balaban J connectivity index is 1.71. The van der Waals surface area contributed by atoms with Gasteiger partial charge in [0.1, 0.15) is 0 Å². The van der Waals surface area contributed by atoms with Crippen LogP contribution in [0.5, 0.6) is 0 Å². The molecular weight excluding hydrogens is 266 g/mol. The zero-order chi connectivity index (χ0) is 15.2. The predicted octanol–water partition coefficient (Wildman–Crippen LogP) is 3.27. The first-order valence-electron chi connectivity index (χ1n) is 7.68. The highest BCUT2D eigenvalue weighted by Crippen LogP contribution is 2.22. The second-order valence-electron chi connectivity index (χ2n) is 5.64. The van der Waals surface area contributed by atoms with E-state index in [4.69, 9.17) is 4.74 Å². The number of imide groups is 1. The molecule has 2 amide bonds. The van der Waals surface area contributed by atoms with Gasteiger partial charge in [0, 0.05) is 13.2 Å². The summed E-state index contributed by atoms with van der Waals surface area (Å²) >= 11 is 0. The number of hydrogen-bond acceptors (Lipinski definition) is 3. The highest BCUT2D eigenvalue weighted by molar-refractivity contribution is 6.21. The molecule has 4 heteroatoms. The van der Waals surface area contributed by atoms with E-state index in [0.29, 0.717) is 17.7 Å². The Morgan fingerprint density at radius 3 is 2.10 bits per heavy atom. The molecule has 0 saturated carbocycles. The minimum Gasteiger partial charge on any atom is -0.379 e. The van der Waals surface area contributed by atoms with Crippen LogP contribution in [0.4, 0.5) is 0 Å². The van der Waals surface area contributed by atoms with Crippen LogP contribution in [0.2, 0.25) is 0 Å². The fraction of sp³-hybridized carbons (Fsp3) is 0.529. The molecule has 1 aliphatic heterocycles. The van der Waals surface area contributed by atoms with Crippen molar-refractivity contribution in [1.29, 1.82) is 0 Å². The molecule has 114 valence electrons. The van der Waals surface area contributed by atoms with Gasteiger partial charge in [0.15, 0.2) is 0 Å². The van der Waals surface area contributed by atoms with E-state index in [1.54, 1.807) is 24.3 Å². The van der Waals surface area contributed by atoms with Crippen molar-refractivity contribution in [2.45, 2.75) is 45.6 Å². The Hall–Kier alpha value is -1.68. The van der Waals surface area contributed by atoms with Crippen LogP contribution in [-0.2, 0) is 4.74 Å². The van der Waals surface area contributed by atoms with Gasteiger partial charge in [-0.05, 0) is 38.8 Å². The van der Waals surface area contributed by atoms with E-state index < -0.39 is 0 Å². The third-order valence-corrected chi connectivity index (χ3v) is 3.61. The average molecular weight is 289 g/mol. The van der Waals surface area contributed by atoms with Gasteiger partial charge in [-0.15, -0.1) is 0 Å². The largest absolute Gasteiger partial charge is 0.379 e. The van der Waals surface area contributed by atoms with Crippen LogP contribution in [0.3, 0.4) is 0 Å². The lowest BCUT2D eigenvalue weighted by molar-refractivity contribution is 0.0645. The first kappa shape index (κ1) is 15.7. The predicted molar refractivity (Wildman–Crippen MR) is 81.4 cm³/mol. The van der Waals surface area contributed by atoms with Crippen molar-refractivity contribution in [3.63, 3.8) is 0 Å². The van der Waals surface area contributed by atoms with Crippen molar-refractivity contribution in [3.8, 4) is 0 Å². The van der Waals surface area contributed by atoms with E-state index in [9.17, 15) is 9.59 Å². The topological polar surface area (TPSA) is 46.6 Å². The fourth-order valence-electron chi connectivity index (χ4n) is 2.49. The van der Waals surface area contributed by atoms with Crippen molar-refractivity contribution in [2.24, 2.45) is 0 Å². The normalized spacial score (nSPS) is 14.1. The molecule has 1 aromatic carbocycles. The molecule has 1 aliphatic rings. The van der Waals surface area contributed by atoms with Gasteiger partial charge in [-0.1, -0.05) is 25.0 Å². The van der Waals surface area contributed by atoms with Crippen molar-refractivity contribution < 1.29 is 14.3 Å². The van der Waals surface area contributed by atoms with Crippen LogP contribution in [0, 0.1) is 0 Å². The number of unbranched alkanes of at least 4 members (excludes halogenated alkanes) is 3. The number of fused-ring (bicyclic) bond motifs is 1. The molecule has 0 N–H and O–H groups in total. The van der Waals surface area contributed by atoms with Gasteiger partial charge < -0.3 is 4.74 Å². The Morgan fingerprint density at radius 2 is 1.52 bits per heavy atom. The molecule has 0 fully saturated rings. The maximum Gasteiger partial charge on any atom is 0.261 e. The first-order chi connectivity index (χ1) is 10.1. The van der Waals surface area contributed by atoms with Crippen LogP contribution in [0.15, 0.2) is 24.3 Å². The van der Waals surface area contributed by atoms with Gasteiger partial charge in [-0.25, -0.2) is 0 Å². The summed E-state index contributed by atoms with van der Waals surface area (Å²) in [5.74, 6) is -0.308. The molecule has 2 rings (SSSR count). The molecule has 0 spiro atoms. The molecule has 0 atom stereocenters. The SMILES string of the molecule is CC(C)OCCCCCCN1C(=O)c2ccccc2C1=O. The summed E-state index contributed by atoms with van der Waals surface area (Å²) in [7, 11) is 0. The molecule has 1 aromatic rings. The third-order valence-electron chi connectivity index (χ3n) is 3.61. The van der Waals surface area contributed by atoms with E-state index in [2.05, 4.69) is 0 Å². The van der Waals surface area contributed by atoms with Crippen LogP contribution in [-0.4, -0.2) is 36.0 Å². The van der Waals surface area contributed by atoms with Crippen molar-refractivity contribution in [2.75, 3.05) is 13.2 Å². The standard InChI is InChI=1S/C17H23NO3/c1-13(2)21-12-8-4-3-7-11-18-16(19)14-9-5-6-10-15(14)17(18)20/h5-6,9-10,13H,3-4,7-8,11-12H2,1-2H3. The lowest BCUT2D eigenvalue weighted by atomic mass is 10.1. The lowest BCUT2D eigenvalue weighted by Crippen LogP contribution is -2.30. The van der Waals surface area contributed by atoms with Gasteiger partial charge in [-0.3, -0.25) is 14.5 Å². The summed E-state index contributed by atoms with van der Waals surface area (Å²) in [6, 6.07) is 7.03. The van der Waals surface area contributed by atoms with Crippen LogP contribution in [0.25, 0.3) is 0 Å². The number of benzene rings is 1. The van der Waals surface area contributed by atoms with Crippen molar-refractivity contribution in [3.05, 3.63) is 35.4 Å². The lowest BCUT2D eigenvalue weighted by Gasteiger charge is -2.13. The number of amides is 2. The Labute approximate surface area is 126 Å². The highest BCUT2D eigenvalue weighted by Gasteiger charge is 2.34. The van der Waals surface area contributed by atoms with Gasteiger partial charge in [-0.2, -0.15) is 0 Å². The minimum atomic E-state index is -0.154. The van der Waals surface area contributed by atoms with Gasteiger partial charge >= 0.3 is 0 Å². The fourth-order valence-corrected chi connectivity index (χ4v) is 2.49. The van der Waals surface area contributed by atoms with E-state index in [1.165, 1.54) is 4.90 Å². The molecule has 0 bridgehead atoms. The number of rotatable bonds is 8. The summed E-state index contributed by atoms with van der Waals surface area (Å²) in [5, 5.41) is 0. The summed E-state index contributed by atoms with van der Waals surface area (Å²) in [6.07, 6.45) is 4.24. The zero-order valence-corrected chi connectivity index (χ0v) is 12.8. The van der Waals surface area contributed by atoms with Crippen LogP contribution < -0.4 is 0 Å². The highest BCUT2D eigenvalue weighted by atomic mass is 16.5. The molecule has 0 radical (unpaired) electrons. The summed E-state index contributed by atoms with van der Waals surface area (Å²) < 4.78 is 5.48. The molecule has 0 aliphatic carbocycles. The van der Waals surface area contributed by atoms with Crippen LogP contribution in [0.1, 0.15) is 60.2 Å². The Bertz CT molecular complexity index is 476. The van der Waals surface area contributed by atoms with E-state index in [1.807, 2.05) is 13.8 Å². The van der Waals surface area contributed by atoms with Crippen molar-refractivity contribution in [1.82, 2.24) is 4.90 Å². The number of ether oxygens (including phenoxy) is 1. The second-order valence-corrected chi connectivity index (χ2v) is 5.64. The van der Waals surface area contributed by atoms with Crippen LogP contribution >= 0.6 is 0 Å². The molecule has 0 unspecified atom stereocenters. The van der Waals surface area contributed by atoms with Gasteiger partial charge in [0.25, 0.3) is 11.8 Å². The first-order valence-corrected chi connectivity index (χ1v) is 7.68. The molecule has 0 aromatic heterocycles. The summed E-state index contributed by atoms with van der Waals surface area (Å²) in [6.45, 7) is 5.35. The van der Waals surface area contributed by atoms with Gasteiger partial charge in [0.2, 0.25) is 0 Å². The number of carbonyl (C=O) groups excluding carboxylic acids is 2. The molecule has 4 nitrogen and oxygen atoms in total. The monoisotopic (exact) mass is 289 g/mol. The smallest absolute Gasteiger partial charge is 0.261 e. The Kier molecular flexibility index (Phi) is 5.51. The average Bonchev–Trinajstić information content (AvgIpc) is 2.71. The molecule has 21 heavy (non-hydrogen) atoms. The van der Waals surface area contributed by atoms with Crippen molar-refractivity contribution >= 4 is 11.8 Å². The quantitative estimate of drug-likeness (QED) is 0.545. The van der Waals surface area contributed by atoms with E-state index >= 15 is 0 Å². The number of carbonyl (C=O) groups is 2. The second kappa shape index (κ2) is 7.36. The minimum absolute atomic E-state index is 0.154. The molecular formula is C17H23NO3. The maximum absolute atomic E-state index is 12.1.